The fourth-order valence-corrected chi connectivity index (χ4v) is 1.10. The summed E-state index contributed by atoms with van der Waals surface area (Å²) >= 11 is 0. The Bertz CT molecular complexity index is 257. The van der Waals surface area contributed by atoms with E-state index in [0.717, 1.165) is 12.2 Å². The highest BCUT2D eigenvalue weighted by atomic mass is 16.5. The second kappa shape index (κ2) is 4.67. The minimum absolute atomic E-state index is 0.214. The first-order valence-electron chi connectivity index (χ1n) is 4.10. The number of aromatic amines is 1. The molecule has 0 saturated heterocycles. The zero-order valence-corrected chi connectivity index (χ0v) is 7.91. The van der Waals surface area contributed by atoms with Crippen molar-refractivity contribution in [1.29, 1.82) is 0 Å². The van der Waals surface area contributed by atoms with Crippen LogP contribution >= 0.6 is 0 Å². The third-order valence-corrected chi connectivity index (χ3v) is 1.73. The molecule has 0 aliphatic rings. The molecule has 0 unspecified atom stereocenters. The second-order valence-electron chi connectivity index (χ2n) is 2.94. The van der Waals surface area contributed by atoms with Crippen molar-refractivity contribution in [3.63, 3.8) is 0 Å². The van der Waals surface area contributed by atoms with Crippen molar-refractivity contribution in [2.75, 3.05) is 20.7 Å². The highest BCUT2D eigenvalue weighted by Crippen LogP contribution is 1.98. The fraction of sp³-hybridized carbons (Fsp3) is 0.444. The predicted octanol–water partition coefficient (Wildman–Crippen LogP) is 0.619. The largest absolute Gasteiger partial charge is 0.468 e. The Kier molecular flexibility index (Phi) is 3.52. The molecular formula is C9H14N2O2. The summed E-state index contributed by atoms with van der Waals surface area (Å²) in [5.74, 6) is -0.214. The van der Waals surface area contributed by atoms with E-state index < -0.39 is 0 Å². The zero-order valence-electron chi connectivity index (χ0n) is 7.91. The Hall–Kier alpha value is -1.29. The molecule has 0 amide bonds. The van der Waals surface area contributed by atoms with Gasteiger partial charge in [-0.05, 0) is 19.2 Å². The summed E-state index contributed by atoms with van der Waals surface area (Å²) in [4.78, 5) is 15.8. The third-order valence-electron chi connectivity index (χ3n) is 1.73. The van der Waals surface area contributed by atoms with Gasteiger partial charge in [0.15, 0.2) is 0 Å². The van der Waals surface area contributed by atoms with Crippen LogP contribution in [0.1, 0.15) is 5.69 Å². The number of aromatic nitrogens is 1. The topological polar surface area (TPSA) is 45.3 Å². The lowest BCUT2D eigenvalue weighted by molar-refractivity contribution is -0.141. The Labute approximate surface area is 77.5 Å². The number of methoxy groups -OCH3 is 1. The summed E-state index contributed by atoms with van der Waals surface area (Å²) in [5.41, 5.74) is 1.09. The highest BCUT2D eigenvalue weighted by Gasteiger charge is 2.06. The molecule has 1 rings (SSSR count). The van der Waals surface area contributed by atoms with Crippen molar-refractivity contribution in [2.45, 2.75) is 6.54 Å². The summed E-state index contributed by atoms with van der Waals surface area (Å²) in [6, 6.07) is 3.91. The van der Waals surface area contributed by atoms with Gasteiger partial charge in [0.2, 0.25) is 0 Å². The molecule has 0 aliphatic heterocycles. The molecule has 1 heterocycles. The maximum atomic E-state index is 10.9. The molecule has 0 aliphatic carbocycles. The van der Waals surface area contributed by atoms with Crippen LogP contribution in [0.25, 0.3) is 0 Å². The average Bonchev–Trinajstić information content (AvgIpc) is 2.56. The number of ether oxygens (including phenoxy) is 1. The summed E-state index contributed by atoms with van der Waals surface area (Å²) < 4.78 is 4.55. The van der Waals surface area contributed by atoms with E-state index in [1.165, 1.54) is 7.11 Å². The fourth-order valence-electron chi connectivity index (χ4n) is 1.10. The average molecular weight is 182 g/mol. The number of nitrogens with one attached hydrogen (secondary N) is 1. The lowest BCUT2D eigenvalue weighted by Crippen LogP contribution is -2.26. The molecule has 72 valence electrons. The molecule has 0 spiro atoms. The molecule has 4 nitrogen and oxygen atoms in total. The molecule has 1 aromatic rings. The minimum atomic E-state index is -0.214. The Morgan fingerprint density at radius 1 is 1.69 bits per heavy atom. The first-order valence-corrected chi connectivity index (χ1v) is 4.10. The monoisotopic (exact) mass is 182 g/mol. The number of likely N-dealkylation sites (N-methyl/N-ethyl adjacent to an activating group) is 1. The number of esters is 1. The van der Waals surface area contributed by atoms with Crippen LogP contribution in [0.15, 0.2) is 18.3 Å². The molecule has 4 heteroatoms. The molecule has 0 fully saturated rings. The first kappa shape index (κ1) is 9.80. The number of carbonyl (C=O) groups is 1. The van der Waals surface area contributed by atoms with Gasteiger partial charge in [0, 0.05) is 18.4 Å². The summed E-state index contributed by atoms with van der Waals surface area (Å²) in [6.07, 6.45) is 1.86. The molecule has 13 heavy (non-hydrogen) atoms. The zero-order chi connectivity index (χ0) is 9.68. The van der Waals surface area contributed by atoms with Gasteiger partial charge in [-0.15, -0.1) is 0 Å². The van der Waals surface area contributed by atoms with Crippen LogP contribution in [-0.2, 0) is 16.1 Å². The molecule has 0 radical (unpaired) electrons. The van der Waals surface area contributed by atoms with Crippen molar-refractivity contribution in [2.24, 2.45) is 0 Å². The number of rotatable bonds is 4. The number of hydrogen-bond donors (Lipinski definition) is 1. The van der Waals surface area contributed by atoms with Crippen LogP contribution in [0.4, 0.5) is 0 Å². The molecular weight excluding hydrogens is 168 g/mol. The molecule has 0 aromatic carbocycles. The van der Waals surface area contributed by atoms with Crippen LogP contribution in [0.3, 0.4) is 0 Å². The Morgan fingerprint density at radius 3 is 3.00 bits per heavy atom. The van der Waals surface area contributed by atoms with Crippen molar-refractivity contribution in [3.8, 4) is 0 Å². The molecule has 1 aromatic heterocycles. The van der Waals surface area contributed by atoms with E-state index in [0.29, 0.717) is 6.54 Å². The second-order valence-corrected chi connectivity index (χ2v) is 2.94. The van der Waals surface area contributed by atoms with Crippen molar-refractivity contribution < 1.29 is 9.53 Å². The molecule has 0 bridgehead atoms. The maximum Gasteiger partial charge on any atom is 0.319 e. The summed E-state index contributed by atoms with van der Waals surface area (Å²) in [5, 5.41) is 0. The number of nitrogens with zero attached hydrogens (tertiary/aromatic N) is 1. The van der Waals surface area contributed by atoms with E-state index >= 15 is 0 Å². The van der Waals surface area contributed by atoms with Gasteiger partial charge in [-0.1, -0.05) is 0 Å². The lowest BCUT2D eigenvalue weighted by atomic mass is 10.4. The standard InChI is InChI=1S/C9H14N2O2/c1-11(7-9(12)13-2)6-8-4-3-5-10-8/h3-5,10H,6-7H2,1-2H3. The SMILES string of the molecule is COC(=O)CN(C)Cc1ccc[nH]1. The van der Waals surface area contributed by atoms with Gasteiger partial charge in [0.25, 0.3) is 0 Å². The quantitative estimate of drug-likeness (QED) is 0.694. The van der Waals surface area contributed by atoms with Gasteiger partial charge in [0.1, 0.15) is 0 Å². The Morgan fingerprint density at radius 2 is 2.46 bits per heavy atom. The Balaban J connectivity index is 2.33. The molecule has 0 atom stereocenters. The van der Waals surface area contributed by atoms with Crippen molar-refractivity contribution in [3.05, 3.63) is 24.0 Å². The van der Waals surface area contributed by atoms with Crippen LogP contribution < -0.4 is 0 Å². The smallest absolute Gasteiger partial charge is 0.319 e. The third kappa shape index (κ3) is 3.29. The van der Waals surface area contributed by atoms with E-state index in [-0.39, 0.29) is 5.97 Å². The van der Waals surface area contributed by atoms with E-state index in [4.69, 9.17) is 0 Å². The normalized spacial score (nSPS) is 10.4. The van der Waals surface area contributed by atoms with Crippen molar-refractivity contribution >= 4 is 5.97 Å². The van der Waals surface area contributed by atoms with E-state index in [2.05, 4.69) is 9.72 Å². The molecule has 1 N–H and O–H groups in total. The van der Waals surface area contributed by atoms with Crippen LogP contribution in [0.5, 0.6) is 0 Å². The van der Waals surface area contributed by atoms with Gasteiger partial charge in [-0.25, -0.2) is 0 Å². The maximum absolute atomic E-state index is 10.9. The van der Waals surface area contributed by atoms with Gasteiger partial charge < -0.3 is 9.72 Å². The van der Waals surface area contributed by atoms with E-state index in [1.54, 1.807) is 0 Å². The van der Waals surface area contributed by atoms with Crippen molar-refractivity contribution in [1.82, 2.24) is 9.88 Å². The molecule has 0 saturated carbocycles. The van der Waals surface area contributed by atoms with Gasteiger partial charge >= 0.3 is 5.97 Å². The number of H-pyrrole nitrogens is 1. The van der Waals surface area contributed by atoms with E-state index in [1.807, 2.05) is 30.3 Å². The highest BCUT2D eigenvalue weighted by molar-refractivity contribution is 5.71. The van der Waals surface area contributed by atoms with Gasteiger partial charge in [-0.3, -0.25) is 9.69 Å². The number of carbonyl (C=O) groups excluding carboxylic acids is 1. The van der Waals surface area contributed by atoms with Gasteiger partial charge in [0.05, 0.1) is 13.7 Å². The summed E-state index contributed by atoms with van der Waals surface area (Å²) in [6.45, 7) is 1.04. The minimum Gasteiger partial charge on any atom is -0.468 e. The van der Waals surface area contributed by atoms with Crippen LogP contribution in [0.2, 0.25) is 0 Å². The summed E-state index contributed by atoms with van der Waals surface area (Å²) in [7, 11) is 3.27. The number of hydrogen-bond acceptors (Lipinski definition) is 3. The predicted molar refractivity (Wildman–Crippen MR) is 49.1 cm³/mol. The van der Waals surface area contributed by atoms with Gasteiger partial charge in [-0.2, -0.15) is 0 Å². The van der Waals surface area contributed by atoms with Crippen LogP contribution in [-0.4, -0.2) is 36.6 Å². The first-order chi connectivity index (χ1) is 6.22. The van der Waals surface area contributed by atoms with E-state index in [9.17, 15) is 4.79 Å². The van der Waals surface area contributed by atoms with Crippen LogP contribution in [0, 0.1) is 0 Å². The lowest BCUT2D eigenvalue weighted by Gasteiger charge is -2.13.